The molecule has 0 N–H and O–H groups in total. The summed E-state index contributed by atoms with van der Waals surface area (Å²) in [5, 5.41) is 0. The maximum atomic E-state index is 12.9. The number of ether oxygens (including phenoxy) is 1. The zero-order chi connectivity index (χ0) is 20.3. The number of carbonyl (C=O) groups excluding carboxylic acids is 1. The van der Waals surface area contributed by atoms with Crippen molar-refractivity contribution in [3.05, 3.63) is 65.5 Å². The number of amides is 1. The topological polar surface area (TPSA) is 45.7 Å². The highest BCUT2D eigenvalue weighted by molar-refractivity contribution is 7.99. The van der Waals surface area contributed by atoms with Gasteiger partial charge < -0.3 is 9.64 Å². The van der Waals surface area contributed by atoms with E-state index in [1.54, 1.807) is 24.2 Å². The minimum atomic E-state index is 0.209. The first-order chi connectivity index (χ1) is 14.2. The quantitative estimate of drug-likeness (QED) is 0.598. The second-order valence-electron chi connectivity index (χ2n) is 7.46. The third-order valence-corrected chi connectivity index (χ3v) is 6.08. The number of nitrogens with zero attached hydrogens (tertiary/aromatic N) is 3. The Morgan fingerprint density at radius 2 is 1.83 bits per heavy atom. The van der Waals surface area contributed by atoms with Crippen LogP contribution in [0.1, 0.15) is 23.1 Å². The summed E-state index contributed by atoms with van der Waals surface area (Å²) < 4.78 is 5.42. The van der Waals surface area contributed by atoms with Gasteiger partial charge >= 0.3 is 0 Å². The summed E-state index contributed by atoms with van der Waals surface area (Å²) >= 11 is 1.69. The van der Waals surface area contributed by atoms with Crippen LogP contribution in [0.5, 0.6) is 0 Å². The molecule has 0 spiro atoms. The van der Waals surface area contributed by atoms with Crippen molar-refractivity contribution >= 4 is 17.7 Å². The van der Waals surface area contributed by atoms with Crippen LogP contribution in [-0.4, -0.2) is 65.8 Å². The average Bonchev–Trinajstić information content (AvgIpc) is 2.76. The molecule has 1 aliphatic heterocycles. The molecule has 5 nitrogen and oxygen atoms in total. The zero-order valence-corrected chi connectivity index (χ0v) is 18.1. The Kier molecular flexibility index (Phi) is 8.99. The van der Waals surface area contributed by atoms with Crippen molar-refractivity contribution < 1.29 is 9.53 Å². The first-order valence-corrected chi connectivity index (χ1v) is 11.5. The highest BCUT2D eigenvalue weighted by Gasteiger charge is 2.16. The molecule has 29 heavy (non-hydrogen) atoms. The lowest BCUT2D eigenvalue weighted by Crippen LogP contribution is -2.39. The molecule has 0 saturated carbocycles. The Morgan fingerprint density at radius 3 is 2.55 bits per heavy atom. The number of aromatic nitrogens is 1. The average molecular weight is 414 g/mol. The Hall–Kier alpha value is -1.89. The van der Waals surface area contributed by atoms with E-state index < -0.39 is 0 Å². The lowest BCUT2D eigenvalue weighted by atomic mass is 10.2. The van der Waals surface area contributed by atoms with E-state index in [0.29, 0.717) is 12.3 Å². The molecule has 0 atom stereocenters. The number of pyridine rings is 1. The van der Waals surface area contributed by atoms with Crippen LogP contribution in [0.25, 0.3) is 0 Å². The van der Waals surface area contributed by atoms with E-state index in [2.05, 4.69) is 41.1 Å². The SMILES string of the molecule is Cc1ccc(CSCC(=O)N(CCCN2CCOCC2)Cc2ccncc2)cc1. The number of morpholine rings is 1. The molecule has 1 saturated heterocycles. The van der Waals surface area contributed by atoms with Crippen LogP contribution >= 0.6 is 11.8 Å². The van der Waals surface area contributed by atoms with Crippen molar-refractivity contribution in [3.8, 4) is 0 Å². The van der Waals surface area contributed by atoms with E-state index in [1.807, 2.05) is 17.0 Å². The minimum Gasteiger partial charge on any atom is -0.379 e. The number of hydrogen-bond acceptors (Lipinski definition) is 5. The molecule has 1 aliphatic rings. The van der Waals surface area contributed by atoms with Gasteiger partial charge in [-0.25, -0.2) is 0 Å². The fraction of sp³-hybridized carbons (Fsp3) is 0.478. The molecule has 1 aromatic carbocycles. The second kappa shape index (κ2) is 12.0. The third kappa shape index (κ3) is 7.80. The highest BCUT2D eigenvalue weighted by atomic mass is 32.2. The van der Waals surface area contributed by atoms with Crippen LogP contribution in [0.3, 0.4) is 0 Å². The molecule has 1 amide bonds. The standard InChI is InChI=1S/C23H31N3O2S/c1-20-3-5-22(6-4-20)18-29-19-23(27)26(17-21-7-9-24-10-8-21)12-2-11-25-13-15-28-16-14-25/h3-10H,2,11-19H2,1H3. The van der Waals surface area contributed by atoms with Gasteiger partial charge in [-0.2, -0.15) is 0 Å². The molecule has 0 aliphatic carbocycles. The first-order valence-electron chi connectivity index (χ1n) is 10.3. The summed E-state index contributed by atoms with van der Waals surface area (Å²) in [4.78, 5) is 21.4. The van der Waals surface area contributed by atoms with Gasteiger partial charge in [-0.15, -0.1) is 11.8 Å². The smallest absolute Gasteiger partial charge is 0.232 e. The third-order valence-electron chi connectivity index (χ3n) is 5.10. The first kappa shape index (κ1) is 21.8. The van der Waals surface area contributed by atoms with E-state index in [4.69, 9.17) is 4.74 Å². The van der Waals surface area contributed by atoms with Crippen LogP contribution in [0, 0.1) is 6.92 Å². The van der Waals surface area contributed by atoms with Crippen molar-refractivity contribution in [1.82, 2.24) is 14.8 Å². The van der Waals surface area contributed by atoms with Crippen molar-refractivity contribution in [2.75, 3.05) is 45.1 Å². The minimum absolute atomic E-state index is 0.209. The molecule has 6 heteroatoms. The maximum absolute atomic E-state index is 12.9. The summed E-state index contributed by atoms with van der Waals surface area (Å²) in [6.07, 6.45) is 4.56. The zero-order valence-electron chi connectivity index (χ0n) is 17.3. The predicted octanol–water partition coefficient (Wildman–Crippen LogP) is 3.37. The Labute approximate surface area is 178 Å². The van der Waals surface area contributed by atoms with E-state index in [9.17, 15) is 4.79 Å². The van der Waals surface area contributed by atoms with Gasteiger partial charge in [0, 0.05) is 50.9 Å². The van der Waals surface area contributed by atoms with Gasteiger partial charge in [0.25, 0.3) is 0 Å². The van der Waals surface area contributed by atoms with Crippen molar-refractivity contribution in [1.29, 1.82) is 0 Å². The summed E-state index contributed by atoms with van der Waals surface area (Å²) in [5.41, 5.74) is 3.66. The van der Waals surface area contributed by atoms with Gasteiger partial charge in [0.2, 0.25) is 5.91 Å². The molecule has 0 radical (unpaired) electrons. The maximum Gasteiger partial charge on any atom is 0.232 e. The molecule has 156 valence electrons. The molecule has 1 fully saturated rings. The fourth-order valence-corrected chi connectivity index (χ4v) is 4.23. The van der Waals surface area contributed by atoms with Crippen LogP contribution < -0.4 is 0 Å². The summed E-state index contributed by atoms with van der Waals surface area (Å²) in [7, 11) is 0. The fourth-order valence-electron chi connectivity index (χ4n) is 3.34. The van der Waals surface area contributed by atoms with Gasteiger partial charge in [0.15, 0.2) is 0 Å². The molecular weight excluding hydrogens is 382 g/mol. The number of thioether (sulfide) groups is 1. The van der Waals surface area contributed by atoms with Crippen molar-refractivity contribution in [3.63, 3.8) is 0 Å². The summed E-state index contributed by atoms with van der Waals surface area (Å²) in [6, 6.07) is 12.5. The van der Waals surface area contributed by atoms with Gasteiger partial charge in [-0.1, -0.05) is 29.8 Å². The molecule has 1 aromatic heterocycles. The van der Waals surface area contributed by atoms with E-state index in [-0.39, 0.29) is 5.91 Å². The largest absolute Gasteiger partial charge is 0.379 e. The summed E-state index contributed by atoms with van der Waals surface area (Å²) in [6.45, 7) is 8.15. The van der Waals surface area contributed by atoms with Gasteiger partial charge in [-0.05, 0) is 36.6 Å². The van der Waals surface area contributed by atoms with E-state index >= 15 is 0 Å². The predicted molar refractivity (Wildman–Crippen MR) is 119 cm³/mol. The van der Waals surface area contributed by atoms with E-state index in [0.717, 1.165) is 57.1 Å². The molecule has 2 heterocycles. The number of hydrogen-bond donors (Lipinski definition) is 0. The van der Waals surface area contributed by atoms with Crippen molar-refractivity contribution in [2.24, 2.45) is 0 Å². The Morgan fingerprint density at radius 1 is 1.10 bits per heavy atom. The number of rotatable bonds is 10. The molecule has 3 rings (SSSR count). The second-order valence-corrected chi connectivity index (χ2v) is 8.44. The number of benzene rings is 1. The Balaban J connectivity index is 1.49. The van der Waals surface area contributed by atoms with Gasteiger partial charge in [0.05, 0.1) is 19.0 Å². The van der Waals surface area contributed by atoms with Crippen LogP contribution in [0.2, 0.25) is 0 Å². The number of aryl methyl sites for hydroxylation is 1. The monoisotopic (exact) mass is 413 g/mol. The van der Waals surface area contributed by atoms with Gasteiger partial charge in [-0.3, -0.25) is 14.7 Å². The highest BCUT2D eigenvalue weighted by Crippen LogP contribution is 2.15. The molecule has 0 unspecified atom stereocenters. The lowest BCUT2D eigenvalue weighted by molar-refractivity contribution is -0.129. The van der Waals surface area contributed by atoms with E-state index in [1.165, 1.54) is 11.1 Å². The van der Waals surface area contributed by atoms with Crippen molar-refractivity contribution in [2.45, 2.75) is 25.6 Å². The normalized spacial score (nSPS) is 14.7. The summed E-state index contributed by atoms with van der Waals surface area (Å²) in [5.74, 6) is 1.58. The van der Waals surface area contributed by atoms with Gasteiger partial charge in [0.1, 0.15) is 0 Å². The molecule has 0 bridgehead atoms. The molecule has 2 aromatic rings. The van der Waals surface area contributed by atoms with Crippen LogP contribution in [0.4, 0.5) is 0 Å². The van der Waals surface area contributed by atoms with Crippen LogP contribution in [-0.2, 0) is 21.8 Å². The van der Waals surface area contributed by atoms with Crippen LogP contribution in [0.15, 0.2) is 48.8 Å². The molecular formula is C23H31N3O2S. The number of carbonyl (C=O) groups is 1. The lowest BCUT2D eigenvalue weighted by Gasteiger charge is -2.28. The Bertz CT molecular complexity index is 734.